The number of nitrogens with one attached hydrogen (secondary N) is 2. The molecular formula is C19H25N5OS. The van der Waals surface area contributed by atoms with E-state index in [9.17, 15) is 0 Å². The van der Waals surface area contributed by atoms with Gasteiger partial charge in [-0.1, -0.05) is 18.2 Å². The molecule has 0 fully saturated rings. The van der Waals surface area contributed by atoms with Gasteiger partial charge in [0.2, 0.25) is 0 Å². The monoisotopic (exact) mass is 371 g/mol. The summed E-state index contributed by atoms with van der Waals surface area (Å²) in [6, 6.07) is 8.05. The van der Waals surface area contributed by atoms with E-state index in [0.717, 1.165) is 34.5 Å². The number of imidazole rings is 1. The van der Waals surface area contributed by atoms with E-state index in [1.54, 1.807) is 11.3 Å². The Morgan fingerprint density at radius 3 is 2.96 bits per heavy atom. The normalized spacial score (nSPS) is 13.0. The van der Waals surface area contributed by atoms with Gasteiger partial charge in [0.15, 0.2) is 10.9 Å². The highest BCUT2D eigenvalue weighted by atomic mass is 32.1. The maximum atomic E-state index is 6.01. The molecule has 0 aliphatic heterocycles. The minimum atomic E-state index is 0.0258. The van der Waals surface area contributed by atoms with Crippen LogP contribution >= 0.6 is 11.3 Å². The van der Waals surface area contributed by atoms with E-state index in [1.165, 1.54) is 0 Å². The molecule has 2 N–H and O–H groups in total. The minimum absolute atomic E-state index is 0.0258. The number of benzene rings is 1. The molecule has 3 rings (SSSR count). The molecule has 7 heteroatoms. The van der Waals surface area contributed by atoms with Crippen molar-refractivity contribution in [3.63, 3.8) is 0 Å². The molecule has 2 heterocycles. The molecule has 0 spiro atoms. The summed E-state index contributed by atoms with van der Waals surface area (Å²) >= 11 is 1.62. The highest BCUT2D eigenvalue weighted by Crippen LogP contribution is 2.17. The third-order valence-electron chi connectivity index (χ3n) is 3.87. The van der Waals surface area contributed by atoms with E-state index in [2.05, 4.69) is 40.5 Å². The summed E-state index contributed by atoms with van der Waals surface area (Å²) in [6.07, 6.45) is 4.05. The molecule has 1 unspecified atom stereocenters. The molecular weight excluding hydrogens is 346 g/mol. The third kappa shape index (κ3) is 4.76. The number of aromatic nitrogens is 2. The molecule has 0 bridgehead atoms. The van der Waals surface area contributed by atoms with Gasteiger partial charge < -0.3 is 15.4 Å². The fourth-order valence-electron chi connectivity index (χ4n) is 2.54. The van der Waals surface area contributed by atoms with Crippen molar-refractivity contribution in [1.82, 2.24) is 20.0 Å². The quantitative estimate of drug-likeness (QED) is 0.494. The number of para-hydroxylation sites is 1. The van der Waals surface area contributed by atoms with Crippen molar-refractivity contribution in [2.45, 2.75) is 33.4 Å². The molecule has 6 nitrogen and oxygen atoms in total. The Morgan fingerprint density at radius 2 is 2.19 bits per heavy atom. The third-order valence-corrected chi connectivity index (χ3v) is 4.64. The number of aliphatic imine (C=N–C) groups is 1. The summed E-state index contributed by atoms with van der Waals surface area (Å²) < 4.78 is 8.03. The van der Waals surface area contributed by atoms with Crippen molar-refractivity contribution in [3.8, 4) is 5.75 Å². The number of ether oxygens (including phenoxy) is 1. The summed E-state index contributed by atoms with van der Waals surface area (Å²) in [7, 11) is 0. The van der Waals surface area contributed by atoms with Gasteiger partial charge in [0.1, 0.15) is 11.9 Å². The van der Waals surface area contributed by atoms with E-state index in [-0.39, 0.29) is 6.10 Å². The number of thiazole rings is 1. The largest absolute Gasteiger partial charge is 0.489 e. The number of hydrogen-bond acceptors (Lipinski definition) is 4. The first-order valence-corrected chi connectivity index (χ1v) is 9.69. The van der Waals surface area contributed by atoms with Crippen LogP contribution in [0.5, 0.6) is 5.75 Å². The van der Waals surface area contributed by atoms with Crippen LogP contribution in [-0.4, -0.2) is 34.5 Å². The Bertz CT molecular complexity index is 841. The maximum absolute atomic E-state index is 6.01. The minimum Gasteiger partial charge on any atom is -0.489 e. The first kappa shape index (κ1) is 18.3. The average Bonchev–Trinajstić information content (AvgIpc) is 3.21. The number of fused-ring (bicyclic) bond motifs is 1. The standard InChI is InChI=1S/C19H25N5OS/c1-4-20-18(22-12-16-13-24-9-10-26-19(24)23-16)21-11-15(3)25-17-8-6-5-7-14(17)2/h5-10,13,15H,4,11-12H2,1-3H3,(H2,20,21,22). The van der Waals surface area contributed by atoms with Gasteiger partial charge in [-0.3, -0.25) is 4.40 Å². The van der Waals surface area contributed by atoms with Crippen molar-refractivity contribution in [2.24, 2.45) is 4.99 Å². The number of rotatable bonds is 7. The molecule has 0 radical (unpaired) electrons. The lowest BCUT2D eigenvalue weighted by Crippen LogP contribution is -2.41. The van der Waals surface area contributed by atoms with Crippen LogP contribution in [0.25, 0.3) is 4.96 Å². The van der Waals surface area contributed by atoms with Crippen LogP contribution in [0.2, 0.25) is 0 Å². The Morgan fingerprint density at radius 1 is 1.35 bits per heavy atom. The van der Waals surface area contributed by atoms with Gasteiger partial charge >= 0.3 is 0 Å². The van der Waals surface area contributed by atoms with Gasteiger partial charge in [-0.05, 0) is 32.4 Å². The SMILES string of the molecule is CCNC(=NCc1cn2ccsc2n1)NCC(C)Oc1ccccc1C. The van der Waals surface area contributed by atoms with Gasteiger partial charge in [-0.15, -0.1) is 11.3 Å². The van der Waals surface area contributed by atoms with Gasteiger partial charge in [0, 0.05) is 24.3 Å². The zero-order chi connectivity index (χ0) is 18.4. The fraction of sp³-hybridized carbons (Fsp3) is 0.368. The van der Waals surface area contributed by atoms with Crippen LogP contribution in [0.1, 0.15) is 25.1 Å². The molecule has 0 saturated heterocycles. The van der Waals surface area contributed by atoms with Crippen molar-refractivity contribution in [2.75, 3.05) is 13.1 Å². The van der Waals surface area contributed by atoms with Gasteiger partial charge in [-0.25, -0.2) is 9.98 Å². The lowest BCUT2D eigenvalue weighted by atomic mass is 10.2. The molecule has 138 valence electrons. The Labute approximate surface area is 157 Å². The molecule has 0 aliphatic carbocycles. The van der Waals surface area contributed by atoms with Crippen LogP contribution in [0.3, 0.4) is 0 Å². The summed E-state index contributed by atoms with van der Waals surface area (Å²) in [4.78, 5) is 10.2. The smallest absolute Gasteiger partial charge is 0.193 e. The zero-order valence-electron chi connectivity index (χ0n) is 15.4. The van der Waals surface area contributed by atoms with Crippen molar-refractivity contribution in [3.05, 3.63) is 53.3 Å². The molecule has 26 heavy (non-hydrogen) atoms. The second-order valence-electron chi connectivity index (χ2n) is 6.10. The second-order valence-corrected chi connectivity index (χ2v) is 6.97. The average molecular weight is 372 g/mol. The van der Waals surface area contributed by atoms with E-state index in [4.69, 9.17) is 4.74 Å². The maximum Gasteiger partial charge on any atom is 0.193 e. The predicted octanol–water partition coefficient (Wildman–Crippen LogP) is 3.23. The molecule has 0 saturated carbocycles. The lowest BCUT2D eigenvalue weighted by molar-refractivity contribution is 0.222. The van der Waals surface area contributed by atoms with Crippen LogP contribution in [0, 0.1) is 6.92 Å². The molecule has 1 aromatic carbocycles. The van der Waals surface area contributed by atoms with Crippen LogP contribution in [0.15, 0.2) is 47.0 Å². The summed E-state index contributed by atoms with van der Waals surface area (Å²) in [5.41, 5.74) is 2.10. The zero-order valence-corrected chi connectivity index (χ0v) is 16.2. The van der Waals surface area contributed by atoms with Gasteiger partial charge in [0.05, 0.1) is 18.8 Å². The molecule has 0 amide bonds. The molecule has 2 aromatic heterocycles. The van der Waals surface area contributed by atoms with Crippen molar-refractivity contribution >= 4 is 22.3 Å². The molecule has 1 atom stereocenters. The highest BCUT2D eigenvalue weighted by Gasteiger charge is 2.08. The van der Waals surface area contributed by atoms with E-state index >= 15 is 0 Å². The summed E-state index contributed by atoms with van der Waals surface area (Å²) in [6.45, 7) is 8.16. The van der Waals surface area contributed by atoms with Gasteiger partial charge in [0.25, 0.3) is 0 Å². The predicted molar refractivity (Wildman–Crippen MR) is 107 cm³/mol. The molecule has 3 aromatic rings. The van der Waals surface area contributed by atoms with Gasteiger partial charge in [-0.2, -0.15) is 0 Å². The van der Waals surface area contributed by atoms with E-state index in [1.807, 2.05) is 47.3 Å². The lowest BCUT2D eigenvalue weighted by Gasteiger charge is -2.18. The topological polar surface area (TPSA) is 63.0 Å². The Kier molecular flexibility index (Phi) is 6.12. The first-order valence-electron chi connectivity index (χ1n) is 8.81. The first-order chi connectivity index (χ1) is 12.7. The number of hydrogen-bond donors (Lipinski definition) is 2. The van der Waals surface area contributed by atoms with Crippen LogP contribution in [-0.2, 0) is 6.54 Å². The number of nitrogens with zero attached hydrogens (tertiary/aromatic N) is 3. The Hall–Kier alpha value is -2.54. The second kappa shape index (κ2) is 8.71. The number of guanidine groups is 1. The van der Waals surface area contributed by atoms with E-state index in [0.29, 0.717) is 13.1 Å². The van der Waals surface area contributed by atoms with Crippen LogP contribution in [0.4, 0.5) is 0 Å². The summed E-state index contributed by atoms with van der Waals surface area (Å²) in [5, 5.41) is 8.63. The van der Waals surface area contributed by atoms with Crippen molar-refractivity contribution < 1.29 is 4.74 Å². The number of aryl methyl sites for hydroxylation is 1. The fourth-order valence-corrected chi connectivity index (χ4v) is 3.26. The summed E-state index contributed by atoms with van der Waals surface area (Å²) in [5.74, 6) is 1.69. The van der Waals surface area contributed by atoms with Crippen LogP contribution < -0.4 is 15.4 Å². The molecule has 0 aliphatic rings. The van der Waals surface area contributed by atoms with E-state index < -0.39 is 0 Å². The Balaban J connectivity index is 1.55. The highest BCUT2D eigenvalue weighted by molar-refractivity contribution is 7.15. The van der Waals surface area contributed by atoms with Crippen molar-refractivity contribution in [1.29, 1.82) is 0 Å².